The molecular formula is C37H43FN8O3S2. The molecule has 5 rings (SSSR count). The van der Waals surface area contributed by atoms with E-state index >= 15 is 0 Å². The number of aromatic carboxylic acids is 1. The summed E-state index contributed by atoms with van der Waals surface area (Å²) in [5, 5.41) is 28.7. The maximum Gasteiger partial charge on any atom is 0.191 e. The molecule has 0 amide bonds. The topological polar surface area (TPSA) is 128 Å². The van der Waals surface area contributed by atoms with Crippen molar-refractivity contribution in [1.29, 1.82) is 0 Å². The fourth-order valence-electron chi connectivity index (χ4n) is 5.22. The van der Waals surface area contributed by atoms with Gasteiger partial charge in [-0.15, -0.1) is 21.5 Å². The second-order valence-electron chi connectivity index (χ2n) is 13.1. The number of hydrogen-bond acceptors (Lipinski definition) is 12. The van der Waals surface area contributed by atoms with Gasteiger partial charge in [0, 0.05) is 17.0 Å². The average Bonchev–Trinajstić information content (AvgIpc) is 3.70. The monoisotopic (exact) mass is 730 g/mol. The van der Waals surface area contributed by atoms with Crippen LogP contribution in [0.3, 0.4) is 0 Å². The van der Waals surface area contributed by atoms with Crippen molar-refractivity contribution in [3.05, 3.63) is 76.0 Å². The molecule has 0 atom stereocenters. The number of aromatic nitrogens is 4. The number of halogens is 1. The van der Waals surface area contributed by atoms with E-state index < -0.39 is 11.8 Å². The molecule has 0 aliphatic heterocycles. The van der Waals surface area contributed by atoms with Gasteiger partial charge >= 0.3 is 0 Å². The minimum atomic E-state index is -1.35. The number of carbonyl (C=O) groups is 1. The number of carboxylic acids is 1. The Labute approximate surface area is 306 Å². The van der Waals surface area contributed by atoms with Crippen molar-refractivity contribution in [2.24, 2.45) is 0 Å². The quantitative estimate of drug-likeness (QED) is 0.0700. The summed E-state index contributed by atoms with van der Waals surface area (Å²) in [6, 6.07) is 14.5. The van der Waals surface area contributed by atoms with Crippen LogP contribution < -0.4 is 25.4 Å². The average molecular weight is 731 g/mol. The van der Waals surface area contributed by atoms with Gasteiger partial charge in [0.1, 0.15) is 5.69 Å². The Morgan fingerprint density at radius 3 is 2.59 bits per heavy atom. The summed E-state index contributed by atoms with van der Waals surface area (Å²) in [7, 11) is 8.31. The molecule has 14 heteroatoms. The number of benzene rings is 2. The maximum absolute atomic E-state index is 14.6. The van der Waals surface area contributed by atoms with Crippen LogP contribution >= 0.6 is 22.7 Å². The van der Waals surface area contributed by atoms with Crippen LogP contribution in [0.25, 0.3) is 10.2 Å². The minimum Gasteiger partial charge on any atom is -0.543 e. The fourth-order valence-corrected chi connectivity index (χ4v) is 7.21. The summed E-state index contributed by atoms with van der Waals surface area (Å²) >= 11 is 2.82. The molecule has 0 saturated heterocycles. The van der Waals surface area contributed by atoms with Gasteiger partial charge in [-0.2, -0.15) is 0 Å². The van der Waals surface area contributed by atoms with Gasteiger partial charge in [0.15, 0.2) is 33.5 Å². The van der Waals surface area contributed by atoms with E-state index in [1.807, 2.05) is 42.2 Å². The number of rotatable bonds is 17. The van der Waals surface area contributed by atoms with Crippen LogP contribution in [0.15, 0.2) is 48.5 Å². The first kappa shape index (κ1) is 37.6. The number of unbranched alkanes of at least 4 members (excludes halogenated alkanes) is 2. The Balaban J connectivity index is 1.31. The highest BCUT2D eigenvalue weighted by molar-refractivity contribution is 7.22. The Morgan fingerprint density at radius 2 is 1.86 bits per heavy atom. The SMILES string of the molecule is CNCC#Cc1ccc(OCCCc2sc(N(CCCCC[N+](C)(C)C)c3cc(C)c(Nc4nc5ccccc5s4)nn3)nc2C(=O)[O-])c(F)c1. The standard InChI is InChI=1S/C37H43FN8O3S2/c1-25-23-32(43-44-34(25)42-36-40-28-14-7-8-15-30(28)50-36)45(20-9-6-10-21-46(3,4)5)37-41-33(35(47)48)31(51-37)16-12-22-49-29-18-17-26(24-27(29)38)13-11-19-39-2/h7-8,14-15,17-18,23-24,39H,6,9-10,12,16,19-22H2,1-5H3,(H-,40,42,44,47,48). The van der Waals surface area contributed by atoms with E-state index in [4.69, 9.17) is 4.74 Å². The number of thiazole rings is 2. The van der Waals surface area contributed by atoms with Crippen molar-refractivity contribution in [2.45, 2.75) is 39.0 Å². The van der Waals surface area contributed by atoms with Crippen LogP contribution in [-0.2, 0) is 6.42 Å². The Morgan fingerprint density at radius 1 is 1.04 bits per heavy atom. The van der Waals surface area contributed by atoms with Crippen LogP contribution in [0, 0.1) is 24.6 Å². The number of hydrogen-bond donors (Lipinski definition) is 2. The van der Waals surface area contributed by atoms with Crippen molar-refractivity contribution in [1.82, 2.24) is 25.5 Å². The summed E-state index contributed by atoms with van der Waals surface area (Å²) in [5.41, 5.74) is 2.21. The van der Waals surface area contributed by atoms with Crippen molar-refractivity contribution in [2.75, 3.05) is 64.6 Å². The molecule has 268 valence electrons. The molecule has 3 heterocycles. The molecule has 0 saturated carbocycles. The third kappa shape index (κ3) is 10.7. The summed E-state index contributed by atoms with van der Waals surface area (Å²) in [5.74, 6) is 5.21. The number of carboxylic acid groups (broad SMARTS) is 1. The largest absolute Gasteiger partial charge is 0.543 e. The zero-order chi connectivity index (χ0) is 36.4. The van der Waals surface area contributed by atoms with Crippen molar-refractivity contribution in [3.63, 3.8) is 0 Å². The van der Waals surface area contributed by atoms with Crippen molar-refractivity contribution < 1.29 is 23.5 Å². The molecule has 0 aliphatic rings. The zero-order valence-corrected chi connectivity index (χ0v) is 31.2. The van der Waals surface area contributed by atoms with Crippen LogP contribution in [0.1, 0.15) is 52.2 Å². The first-order valence-electron chi connectivity index (χ1n) is 16.8. The van der Waals surface area contributed by atoms with Gasteiger partial charge in [0.2, 0.25) is 0 Å². The predicted octanol–water partition coefficient (Wildman–Crippen LogP) is 5.69. The second-order valence-corrected chi connectivity index (χ2v) is 15.1. The van der Waals surface area contributed by atoms with Crippen molar-refractivity contribution >= 4 is 60.8 Å². The van der Waals surface area contributed by atoms with Gasteiger partial charge in [0.25, 0.3) is 0 Å². The molecule has 2 aromatic carbocycles. The number of aryl methyl sites for hydroxylation is 2. The summed E-state index contributed by atoms with van der Waals surface area (Å²) < 4.78 is 22.3. The van der Waals surface area contributed by atoms with Gasteiger partial charge in [-0.25, -0.2) is 14.4 Å². The fraction of sp³-hybridized carbons (Fsp3) is 0.378. The van der Waals surface area contributed by atoms with Gasteiger partial charge in [-0.3, -0.25) is 0 Å². The molecule has 0 fully saturated rings. The highest BCUT2D eigenvalue weighted by atomic mass is 32.1. The first-order valence-corrected chi connectivity index (χ1v) is 18.5. The van der Waals surface area contributed by atoms with Crippen LogP contribution in [0.4, 0.5) is 26.3 Å². The number of carbonyl (C=O) groups excluding carboxylic acids is 1. The normalized spacial score (nSPS) is 11.3. The number of nitrogens with one attached hydrogen (secondary N) is 2. The lowest BCUT2D eigenvalue weighted by Crippen LogP contribution is -2.35. The Hall–Kier alpha value is -4.68. The summed E-state index contributed by atoms with van der Waals surface area (Å²) in [6.45, 7) is 4.26. The number of anilines is 4. The summed E-state index contributed by atoms with van der Waals surface area (Å²) in [6.07, 6.45) is 3.69. The maximum atomic E-state index is 14.6. The van der Waals surface area contributed by atoms with E-state index in [1.165, 1.54) is 28.7 Å². The molecular weight excluding hydrogens is 688 g/mol. The second kappa shape index (κ2) is 17.5. The van der Waals surface area contributed by atoms with Crippen molar-refractivity contribution in [3.8, 4) is 17.6 Å². The lowest BCUT2D eigenvalue weighted by Gasteiger charge is -2.24. The van der Waals surface area contributed by atoms with E-state index in [9.17, 15) is 14.3 Å². The molecule has 0 bridgehead atoms. The van der Waals surface area contributed by atoms with E-state index in [0.717, 1.165) is 51.2 Å². The number of fused-ring (bicyclic) bond motifs is 1. The summed E-state index contributed by atoms with van der Waals surface area (Å²) in [4.78, 5) is 23.9. The van der Waals surface area contributed by atoms with Gasteiger partial charge in [-0.1, -0.05) is 35.3 Å². The van der Waals surface area contributed by atoms with Crippen LogP contribution in [0.5, 0.6) is 5.75 Å². The number of quaternary nitrogens is 1. The zero-order valence-electron chi connectivity index (χ0n) is 29.6. The third-order valence-corrected chi connectivity index (χ3v) is 9.91. The molecule has 0 radical (unpaired) electrons. The van der Waals surface area contributed by atoms with E-state index in [2.05, 4.69) is 63.8 Å². The Kier molecular flexibility index (Phi) is 12.9. The molecule has 0 spiro atoms. The van der Waals surface area contributed by atoms with Gasteiger partial charge in [-0.05, 0) is 88.0 Å². The minimum absolute atomic E-state index is 0.112. The van der Waals surface area contributed by atoms with Gasteiger partial charge < -0.3 is 34.7 Å². The third-order valence-electron chi connectivity index (χ3n) is 7.82. The molecule has 0 aliphatic carbocycles. The molecule has 2 N–H and O–H groups in total. The Bertz CT molecular complexity index is 1980. The van der Waals surface area contributed by atoms with Crippen LogP contribution in [0.2, 0.25) is 0 Å². The molecule has 5 aromatic rings. The number of para-hydroxylation sites is 1. The molecule has 11 nitrogen and oxygen atoms in total. The number of ether oxygens (including phenoxy) is 1. The highest BCUT2D eigenvalue weighted by Crippen LogP contribution is 2.34. The molecule has 3 aromatic heterocycles. The molecule has 0 unspecified atom stereocenters. The number of nitrogens with zero attached hydrogens (tertiary/aromatic N) is 6. The van der Waals surface area contributed by atoms with E-state index in [0.29, 0.717) is 53.1 Å². The van der Waals surface area contributed by atoms with Gasteiger partial charge in [0.05, 0.1) is 57.0 Å². The first-order chi connectivity index (χ1) is 24.5. The van der Waals surface area contributed by atoms with E-state index in [1.54, 1.807) is 19.2 Å². The molecule has 51 heavy (non-hydrogen) atoms. The highest BCUT2D eigenvalue weighted by Gasteiger charge is 2.21. The van der Waals surface area contributed by atoms with E-state index in [-0.39, 0.29) is 18.1 Å². The van der Waals surface area contributed by atoms with Crippen LogP contribution in [-0.4, -0.2) is 85.0 Å². The lowest BCUT2D eigenvalue weighted by molar-refractivity contribution is -0.870. The predicted molar refractivity (Wildman–Crippen MR) is 201 cm³/mol. The smallest absolute Gasteiger partial charge is 0.191 e. The lowest BCUT2D eigenvalue weighted by atomic mass is 10.2.